The molecule has 25 heavy (non-hydrogen) atoms. The van der Waals surface area contributed by atoms with Gasteiger partial charge in [0.1, 0.15) is 12.3 Å². The number of hydrogen-bond donors (Lipinski definition) is 3. The molecule has 1 atom stereocenters. The van der Waals surface area contributed by atoms with Crippen LogP contribution >= 0.6 is 0 Å². The van der Waals surface area contributed by atoms with Gasteiger partial charge in [-0.15, -0.1) is 0 Å². The molecule has 0 aliphatic heterocycles. The van der Waals surface area contributed by atoms with E-state index in [1.54, 1.807) is 19.2 Å². The molecule has 0 aliphatic carbocycles. The maximum absolute atomic E-state index is 12.1. The van der Waals surface area contributed by atoms with Crippen molar-refractivity contribution in [3.05, 3.63) is 36.3 Å². The van der Waals surface area contributed by atoms with Crippen LogP contribution in [-0.2, 0) is 18.4 Å². The number of hydrogen-bond acceptors (Lipinski definition) is 6. The molecule has 1 unspecified atom stereocenters. The molecule has 0 saturated heterocycles. The summed E-state index contributed by atoms with van der Waals surface area (Å²) in [5, 5.41) is 28.3. The molecule has 3 N–H and O–H groups in total. The van der Waals surface area contributed by atoms with E-state index in [9.17, 15) is 15.0 Å². The van der Waals surface area contributed by atoms with E-state index in [0.29, 0.717) is 29.1 Å². The van der Waals surface area contributed by atoms with Gasteiger partial charge in [-0.3, -0.25) is 9.48 Å². The van der Waals surface area contributed by atoms with E-state index < -0.39 is 0 Å². The van der Waals surface area contributed by atoms with Crippen LogP contribution in [0.2, 0.25) is 0 Å². The van der Waals surface area contributed by atoms with Crippen LogP contribution in [0.3, 0.4) is 0 Å². The zero-order valence-corrected chi connectivity index (χ0v) is 13.9. The third kappa shape index (κ3) is 3.83. The van der Waals surface area contributed by atoms with Gasteiger partial charge in [-0.2, -0.15) is 5.10 Å². The van der Waals surface area contributed by atoms with Crippen LogP contribution in [0, 0.1) is 0 Å². The molecule has 2 heterocycles. The number of aromatic nitrogens is 4. The van der Waals surface area contributed by atoms with Crippen LogP contribution in [0.1, 0.15) is 5.82 Å². The lowest BCUT2D eigenvalue weighted by Gasteiger charge is -2.14. The summed E-state index contributed by atoms with van der Waals surface area (Å²) in [7, 11) is 3.53. The molecular weight excluding hydrogens is 324 g/mol. The fourth-order valence-corrected chi connectivity index (χ4v) is 2.47. The molecular formula is C16H18N6O3. The number of nitrogens with zero attached hydrogens (tertiary/aromatic N) is 4. The molecule has 130 valence electrons. The Hall–Kier alpha value is -3.20. The maximum Gasteiger partial charge on any atom is 0.279 e. The van der Waals surface area contributed by atoms with Crippen LogP contribution in [0.5, 0.6) is 11.6 Å². The van der Waals surface area contributed by atoms with Gasteiger partial charge >= 0.3 is 0 Å². The Balaban J connectivity index is 1.63. The molecule has 0 radical (unpaired) electrons. The second kappa shape index (κ2) is 6.73. The zero-order valence-electron chi connectivity index (χ0n) is 13.9. The Morgan fingerprint density at radius 2 is 2.04 bits per heavy atom. The number of carbonyl (C=O) groups is 1. The fraction of sp³-hybridized carbons (Fsp3) is 0.250. The lowest BCUT2D eigenvalue weighted by atomic mass is 10.3. The molecule has 1 amide bonds. The minimum atomic E-state index is -0.366. The normalized spacial score (nSPS) is 12.2. The highest BCUT2D eigenvalue weighted by Gasteiger charge is 2.14. The SMILES string of the molecule is Cn1ncc2c([O-])nc(C[NH+](C)CC(=O)Nc3ccc(O)cc3)nc21. The van der Waals surface area contributed by atoms with Crippen LogP contribution in [0.4, 0.5) is 5.69 Å². The average molecular weight is 342 g/mol. The van der Waals surface area contributed by atoms with Crippen molar-refractivity contribution in [3.63, 3.8) is 0 Å². The van der Waals surface area contributed by atoms with Gasteiger partial charge in [0.2, 0.25) is 0 Å². The number of nitrogens with one attached hydrogen (secondary N) is 2. The van der Waals surface area contributed by atoms with Crippen LogP contribution in [-0.4, -0.2) is 44.4 Å². The molecule has 0 aliphatic rings. The number of aromatic hydroxyl groups is 1. The van der Waals surface area contributed by atoms with E-state index in [4.69, 9.17) is 0 Å². The summed E-state index contributed by atoms with van der Waals surface area (Å²) in [5.41, 5.74) is 1.08. The Bertz CT molecular complexity index is 906. The molecule has 0 spiro atoms. The first-order valence-electron chi connectivity index (χ1n) is 7.68. The van der Waals surface area contributed by atoms with Gasteiger partial charge in [-0.05, 0) is 24.3 Å². The predicted molar refractivity (Wildman–Crippen MR) is 87.9 cm³/mol. The van der Waals surface area contributed by atoms with Gasteiger partial charge in [0.25, 0.3) is 5.91 Å². The smallest absolute Gasteiger partial charge is 0.279 e. The zero-order chi connectivity index (χ0) is 18.0. The first-order valence-corrected chi connectivity index (χ1v) is 7.68. The number of phenolic OH excluding ortho intramolecular Hbond substituents is 1. The molecule has 9 nitrogen and oxygen atoms in total. The van der Waals surface area contributed by atoms with Crippen molar-refractivity contribution in [1.29, 1.82) is 0 Å². The first-order chi connectivity index (χ1) is 11.9. The molecule has 9 heteroatoms. The summed E-state index contributed by atoms with van der Waals surface area (Å²) in [5.74, 6) is -0.0468. The lowest BCUT2D eigenvalue weighted by molar-refractivity contribution is -0.885. The van der Waals surface area contributed by atoms with E-state index in [1.165, 1.54) is 23.0 Å². The Morgan fingerprint density at radius 1 is 1.32 bits per heavy atom. The molecule has 1 aromatic carbocycles. The van der Waals surface area contributed by atoms with Crippen molar-refractivity contribution in [2.75, 3.05) is 18.9 Å². The van der Waals surface area contributed by atoms with Gasteiger partial charge in [-0.1, -0.05) is 0 Å². The highest BCUT2D eigenvalue weighted by Crippen LogP contribution is 2.17. The second-order valence-electron chi connectivity index (χ2n) is 5.86. The Kier molecular flexibility index (Phi) is 4.48. The quantitative estimate of drug-likeness (QED) is 0.501. The highest BCUT2D eigenvalue weighted by atomic mass is 16.3. The average Bonchev–Trinajstić information content (AvgIpc) is 2.91. The number of benzene rings is 1. The van der Waals surface area contributed by atoms with Crippen molar-refractivity contribution in [2.24, 2.45) is 7.05 Å². The summed E-state index contributed by atoms with van der Waals surface area (Å²) in [6.07, 6.45) is 1.45. The topological polar surface area (TPSA) is 120 Å². The van der Waals surface area contributed by atoms with Crippen LogP contribution in [0.15, 0.2) is 30.5 Å². The number of likely N-dealkylation sites (N-methyl/N-ethyl adjacent to an activating group) is 1. The minimum absolute atomic E-state index is 0.136. The third-order valence-corrected chi connectivity index (χ3v) is 3.68. The molecule has 2 aromatic heterocycles. The number of phenols is 1. The van der Waals surface area contributed by atoms with Gasteiger partial charge in [-0.25, -0.2) is 9.97 Å². The summed E-state index contributed by atoms with van der Waals surface area (Å²) in [6.45, 7) is 0.515. The number of quaternary nitrogens is 1. The van der Waals surface area contributed by atoms with Crippen LogP contribution in [0.25, 0.3) is 11.0 Å². The monoisotopic (exact) mass is 342 g/mol. The van der Waals surface area contributed by atoms with Gasteiger partial charge in [0.15, 0.2) is 18.0 Å². The van der Waals surface area contributed by atoms with Crippen molar-refractivity contribution in [2.45, 2.75) is 6.54 Å². The van der Waals surface area contributed by atoms with E-state index in [0.717, 1.165) is 4.90 Å². The van der Waals surface area contributed by atoms with Crippen molar-refractivity contribution < 1.29 is 19.9 Å². The number of fused-ring (bicyclic) bond motifs is 1. The van der Waals surface area contributed by atoms with Crippen molar-refractivity contribution >= 4 is 22.6 Å². The minimum Gasteiger partial charge on any atom is -0.858 e. The van der Waals surface area contributed by atoms with E-state index in [-0.39, 0.29) is 24.1 Å². The van der Waals surface area contributed by atoms with E-state index in [1.807, 2.05) is 7.05 Å². The maximum atomic E-state index is 12.1. The van der Waals surface area contributed by atoms with Gasteiger partial charge in [0.05, 0.1) is 13.2 Å². The molecule has 3 aromatic rings. The predicted octanol–water partition coefficient (Wildman–Crippen LogP) is -1.20. The lowest BCUT2D eigenvalue weighted by Crippen LogP contribution is -3.08. The molecule has 0 fully saturated rings. The summed E-state index contributed by atoms with van der Waals surface area (Å²) in [4.78, 5) is 21.2. The Labute approximate surface area is 143 Å². The standard InChI is InChI=1S/C16H18N6O3/c1-21(9-14(24)18-10-3-5-11(23)6-4-10)8-13-19-15-12(16(25)20-13)7-17-22(15)2/h3-7,23H,8-9H2,1-2H3,(H,18,24)(H,19,20,25). The third-order valence-electron chi connectivity index (χ3n) is 3.68. The Morgan fingerprint density at radius 3 is 2.76 bits per heavy atom. The van der Waals surface area contributed by atoms with Crippen molar-refractivity contribution in [3.8, 4) is 11.6 Å². The highest BCUT2D eigenvalue weighted by molar-refractivity contribution is 5.91. The first kappa shape index (κ1) is 16.7. The van der Waals surface area contributed by atoms with Crippen LogP contribution < -0.4 is 15.3 Å². The van der Waals surface area contributed by atoms with E-state index in [2.05, 4.69) is 20.4 Å². The summed E-state index contributed by atoms with van der Waals surface area (Å²) < 4.78 is 1.52. The van der Waals surface area contributed by atoms with Gasteiger partial charge < -0.3 is 20.4 Å². The molecule has 0 bridgehead atoms. The number of amides is 1. The number of rotatable bonds is 5. The van der Waals surface area contributed by atoms with Crippen molar-refractivity contribution in [1.82, 2.24) is 19.7 Å². The number of anilines is 1. The second-order valence-corrected chi connectivity index (χ2v) is 5.86. The van der Waals surface area contributed by atoms with E-state index >= 15 is 0 Å². The molecule has 3 rings (SSSR count). The summed E-state index contributed by atoms with van der Waals surface area (Å²) >= 11 is 0. The van der Waals surface area contributed by atoms with Gasteiger partial charge in [0, 0.05) is 24.0 Å². The molecule has 0 saturated carbocycles. The fourth-order valence-electron chi connectivity index (χ4n) is 2.47. The largest absolute Gasteiger partial charge is 0.858 e. The number of aryl methyl sites for hydroxylation is 1. The number of carbonyl (C=O) groups excluding carboxylic acids is 1. The summed E-state index contributed by atoms with van der Waals surface area (Å²) in [6, 6.07) is 6.23.